The molecule has 0 saturated heterocycles. The molecule has 0 saturated carbocycles. The maximum Gasteiger partial charge on any atom is 0.342 e. The van der Waals surface area contributed by atoms with Gasteiger partial charge in [-0.25, -0.2) is 17.5 Å². The molecule has 1 N–H and O–H groups in total. The lowest BCUT2D eigenvalue weighted by atomic mass is 10.1. The molecule has 3 rings (SSSR count). The number of phenolic OH excluding ortho intramolecular Hbond substituents is 1. The number of phenols is 1. The maximum atomic E-state index is 12.4. The van der Waals surface area contributed by atoms with Crippen LogP contribution in [0.2, 0.25) is 0 Å². The molecule has 0 unspecified atom stereocenters. The summed E-state index contributed by atoms with van der Waals surface area (Å²) in [6, 6.07) is 16.6. The van der Waals surface area contributed by atoms with Crippen molar-refractivity contribution in [1.82, 2.24) is 4.31 Å². The van der Waals surface area contributed by atoms with E-state index >= 15 is 0 Å². The number of fused-ring (bicyclic) bond motifs is 1. The number of rotatable bonds is 5. The zero-order valence-corrected chi connectivity index (χ0v) is 15.7. The highest BCUT2D eigenvalue weighted by atomic mass is 32.2. The summed E-state index contributed by atoms with van der Waals surface area (Å²) >= 11 is 0. The molecule has 3 aromatic rings. The molecule has 0 aromatic heterocycles. The number of carbonyl (C=O) groups is 1. The molecular formula is C20H19NO5S. The van der Waals surface area contributed by atoms with Gasteiger partial charge < -0.3 is 9.84 Å². The van der Waals surface area contributed by atoms with Crippen LogP contribution in [-0.2, 0) is 21.4 Å². The van der Waals surface area contributed by atoms with Crippen molar-refractivity contribution < 1.29 is 23.1 Å². The van der Waals surface area contributed by atoms with Crippen molar-refractivity contribution in [1.29, 1.82) is 0 Å². The van der Waals surface area contributed by atoms with Crippen LogP contribution in [0.5, 0.6) is 5.75 Å². The Labute approximate surface area is 157 Å². The van der Waals surface area contributed by atoms with E-state index in [1.54, 1.807) is 18.2 Å². The fourth-order valence-electron chi connectivity index (χ4n) is 2.62. The summed E-state index contributed by atoms with van der Waals surface area (Å²) in [6.45, 7) is -0.109. The smallest absolute Gasteiger partial charge is 0.342 e. The molecule has 7 heteroatoms. The summed E-state index contributed by atoms with van der Waals surface area (Å²) < 4.78 is 30.8. The van der Waals surface area contributed by atoms with Gasteiger partial charge in [-0.1, -0.05) is 36.4 Å². The minimum absolute atomic E-state index is 0.0609. The molecule has 0 aliphatic heterocycles. The minimum atomic E-state index is -3.57. The van der Waals surface area contributed by atoms with E-state index in [2.05, 4.69) is 0 Å². The van der Waals surface area contributed by atoms with Crippen LogP contribution in [0.1, 0.15) is 15.9 Å². The Kier molecular flexibility index (Phi) is 5.16. The Balaban J connectivity index is 1.80. The van der Waals surface area contributed by atoms with Crippen LogP contribution in [0.4, 0.5) is 0 Å². The van der Waals surface area contributed by atoms with Crippen LogP contribution in [0.25, 0.3) is 10.8 Å². The summed E-state index contributed by atoms with van der Waals surface area (Å²) in [5.41, 5.74) is 0.595. The summed E-state index contributed by atoms with van der Waals surface area (Å²) in [4.78, 5) is 12.5. The number of sulfonamides is 1. The van der Waals surface area contributed by atoms with Gasteiger partial charge in [0.05, 0.1) is 4.90 Å². The second kappa shape index (κ2) is 7.38. The van der Waals surface area contributed by atoms with Gasteiger partial charge in [-0.3, -0.25) is 0 Å². The largest absolute Gasteiger partial charge is 0.507 e. The van der Waals surface area contributed by atoms with Crippen molar-refractivity contribution in [2.75, 3.05) is 14.1 Å². The van der Waals surface area contributed by atoms with E-state index in [4.69, 9.17) is 4.74 Å². The molecule has 0 amide bonds. The predicted molar refractivity (Wildman–Crippen MR) is 102 cm³/mol. The fourth-order valence-corrected chi connectivity index (χ4v) is 3.60. The van der Waals surface area contributed by atoms with E-state index in [1.807, 2.05) is 24.3 Å². The third-order valence-electron chi connectivity index (χ3n) is 4.13. The molecule has 0 fully saturated rings. The molecule has 6 nitrogen and oxygen atoms in total. The molecule has 0 atom stereocenters. The lowest BCUT2D eigenvalue weighted by Crippen LogP contribution is -2.22. The van der Waals surface area contributed by atoms with Crippen LogP contribution in [0.3, 0.4) is 0 Å². The van der Waals surface area contributed by atoms with E-state index in [9.17, 15) is 18.3 Å². The third kappa shape index (κ3) is 3.94. The molecule has 27 heavy (non-hydrogen) atoms. The number of hydrogen-bond donors (Lipinski definition) is 1. The van der Waals surface area contributed by atoms with Crippen molar-refractivity contribution in [2.45, 2.75) is 11.5 Å². The number of benzene rings is 3. The highest BCUT2D eigenvalue weighted by molar-refractivity contribution is 7.89. The van der Waals surface area contributed by atoms with Gasteiger partial charge in [0.2, 0.25) is 10.0 Å². The quantitative estimate of drug-likeness (QED) is 0.682. The first kappa shape index (κ1) is 18.9. The SMILES string of the molecule is CN(C)S(=O)(=O)c1cccc(COC(=O)c2cc3ccccc3cc2O)c1. The number of ether oxygens (including phenoxy) is 1. The highest BCUT2D eigenvalue weighted by Gasteiger charge is 2.18. The normalized spacial score (nSPS) is 11.7. The van der Waals surface area contributed by atoms with Gasteiger partial charge in [-0.15, -0.1) is 0 Å². The fraction of sp³-hybridized carbons (Fsp3) is 0.150. The van der Waals surface area contributed by atoms with Gasteiger partial charge in [-0.05, 0) is 40.6 Å². The lowest BCUT2D eigenvalue weighted by molar-refractivity contribution is 0.0469. The van der Waals surface area contributed by atoms with Gasteiger partial charge in [-0.2, -0.15) is 0 Å². The number of esters is 1. The Morgan fingerprint density at radius 1 is 1.00 bits per heavy atom. The van der Waals surface area contributed by atoms with E-state index in [0.717, 1.165) is 15.1 Å². The van der Waals surface area contributed by atoms with Crippen molar-refractivity contribution in [3.8, 4) is 5.75 Å². The average molecular weight is 385 g/mol. The molecule has 0 bridgehead atoms. The van der Waals surface area contributed by atoms with E-state index in [-0.39, 0.29) is 22.8 Å². The van der Waals surface area contributed by atoms with Gasteiger partial charge in [0.15, 0.2) is 0 Å². The Hall–Kier alpha value is -2.90. The molecule has 0 aliphatic rings. The molecule has 140 valence electrons. The Bertz CT molecular complexity index is 1110. The second-order valence-corrected chi connectivity index (χ2v) is 8.38. The molecule has 0 aliphatic carbocycles. The van der Waals surface area contributed by atoms with Gasteiger partial charge in [0, 0.05) is 14.1 Å². The van der Waals surface area contributed by atoms with Gasteiger partial charge >= 0.3 is 5.97 Å². The Morgan fingerprint density at radius 3 is 2.33 bits per heavy atom. The monoisotopic (exact) mass is 385 g/mol. The first-order valence-corrected chi connectivity index (χ1v) is 9.63. The zero-order chi connectivity index (χ0) is 19.6. The van der Waals surface area contributed by atoms with E-state index in [0.29, 0.717) is 5.56 Å². The zero-order valence-electron chi connectivity index (χ0n) is 14.9. The topological polar surface area (TPSA) is 83.9 Å². The van der Waals surface area contributed by atoms with Crippen molar-refractivity contribution in [2.24, 2.45) is 0 Å². The van der Waals surface area contributed by atoms with Gasteiger partial charge in [0.25, 0.3) is 0 Å². The van der Waals surface area contributed by atoms with E-state index < -0.39 is 16.0 Å². The van der Waals surface area contributed by atoms with Crippen LogP contribution in [0, 0.1) is 0 Å². The first-order valence-electron chi connectivity index (χ1n) is 8.19. The number of nitrogens with zero attached hydrogens (tertiary/aromatic N) is 1. The second-order valence-electron chi connectivity index (χ2n) is 6.23. The highest BCUT2D eigenvalue weighted by Crippen LogP contribution is 2.26. The average Bonchev–Trinajstić information content (AvgIpc) is 2.65. The number of hydrogen-bond acceptors (Lipinski definition) is 5. The summed E-state index contributed by atoms with van der Waals surface area (Å²) in [6.07, 6.45) is 0. The summed E-state index contributed by atoms with van der Waals surface area (Å²) in [7, 11) is -0.670. The lowest BCUT2D eigenvalue weighted by Gasteiger charge is -2.12. The minimum Gasteiger partial charge on any atom is -0.507 e. The van der Waals surface area contributed by atoms with Crippen molar-refractivity contribution in [3.05, 3.63) is 71.8 Å². The molecule has 0 radical (unpaired) electrons. The number of aromatic hydroxyl groups is 1. The van der Waals surface area contributed by atoms with Gasteiger partial charge in [0.1, 0.15) is 17.9 Å². The van der Waals surface area contributed by atoms with E-state index in [1.165, 1.54) is 32.3 Å². The Morgan fingerprint density at radius 2 is 1.67 bits per heavy atom. The third-order valence-corrected chi connectivity index (χ3v) is 5.94. The van der Waals surface area contributed by atoms with Crippen LogP contribution < -0.4 is 0 Å². The maximum absolute atomic E-state index is 12.4. The molecular weight excluding hydrogens is 366 g/mol. The number of carbonyl (C=O) groups excluding carboxylic acids is 1. The van der Waals surface area contributed by atoms with Crippen LogP contribution >= 0.6 is 0 Å². The van der Waals surface area contributed by atoms with Crippen LogP contribution in [-0.4, -0.2) is 37.9 Å². The first-order chi connectivity index (χ1) is 12.8. The van der Waals surface area contributed by atoms with Crippen molar-refractivity contribution in [3.63, 3.8) is 0 Å². The molecule has 0 heterocycles. The molecule has 0 spiro atoms. The predicted octanol–water partition coefficient (Wildman–Crippen LogP) is 3.15. The van der Waals surface area contributed by atoms with Crippen molar-refractivity contribution >= 4 is 26.8 Å². The summed E-state index contributed by atoms with van der Waals surface area (Å²) in [5.74, 6) is -0.846. The molecule has 3 aromatic carbocycles. The standard InChI is InChI=1S/C20H19NO5S/c1-21(2)27(24,25)17-9-5-6-14(10-17)13-26-20(23)18-11-15-7-3-4-8-16(15)12-19(18)22/h3-12,22H,13H2,1-2H3. The van der Waals surface area contributed by atoms with Crippen LogP contribution in [0.15, 0.2) is 65.6 Å². The summed E-state index contributed by atoms with van der Waals surface area (Å²) in [5, 5.41) is 11.7.